The summed E-state index contributed by atoms with van der Waals surface area (Å²) in [5.74, 6) is 0.621. The van der Waals surface area contributed by atoms with E-state index in [1.54, 1.807) is 41.6 Å². The summed E-state index contributed by atoms with van der Waals surface area (Å²) in [5.41, 5.74) is 0.947. The standard InChI is InChI=1S/C20H20FN7O/c21-17-5-2-1-4-15(17)12-24-19-25-13-16(14-26-19)18(29)27-8-10-28(11-9-27)20-22-6-3-7-23-20/h1-7,13-14H,8-12H2,(H,24,25,26). The van der Waals surface area contributed by atoms with Gasteiger partial charge in [-0.1, -0.05) is 18.2 Å². The lowest BCUT2D eigenvalue weighted by molar-refractivity contribution is 0.0745. The molecule has 0 saturated carbocycles. The summed E-state index contributed by atoms with van der Waals surface area (Å²) in [6.07, 6.45) is 6.40. The molecule has 148 valence electrons. The Bertz CT molecular complexity index is 960. The first-order chi connectivity index (χ1) is 14.2. The van der Waals surface area contributed by atoms with Gasteiger partial charge in [-0.05, 0) is 12.1 Å². The summed E-state index contributed by atoms with van der Waals surface area (Å²) in [6.45, 7) is 2.75. The highest BCUT2D eigenvalue weighted by atomic mass is 19.1. The Morgan fingerprint density at radius 1 is 0.966 bits per heavy atom. The van der Waals surface area contributed by atoms with Gasteiger partial charge in [-0.25, -0.2) is 24.3 Å². The maximum absolute atomic E-state index is 13.7. The number of aromatic nitrogens is 4. The quantitative estimate of drug-likeness (QED) is 0.709. The second kappa shape index (κ2) is 8.59. The van der Waals surface area contributed by atoms with E-state index in [0.29, 0.717) is 49.2 Å². The molecule has 0 unspecified atom stereocenters. The van der Waals surface area contributed by atoms with Crippen molar-refractivity contribution in [1.29, 1.82) is 0 Å². The summed E-state index contributed by atoms with van der Waals surface area (Å²) >= 11 is 0. The van der Waals surface area contributed by atoms with Crippen LogP contribution < -0.4 is 10.2 Å². The van der Waals surface area contributed by atoms with E-state index in [-0.39, 0.29) is 18.3 Å². The molecule has 9 heteroatoms. The highest BCUT2D eigenvalue weighted by molar-refractivity contribution is 5.93. The van der Waals surface area contributed by atoms with E-state index >= 15 is 0 Å². The topological polar surface area (TPSA) is 87.1 Å². The molecule has 8 nitrogen and oxygen atoms in total. The van der Waals surface area contributed by atoms with Crippen LogP contribution in [0.5, 0.6) is 0 Å². The van der Waals surface area contributed by atoms with Gasteiger partial charge in [0, 0.05) is 63.1 Å². The maximum atomic E-state index is 13.7. The Hall–Kier alpha value is -3.62. The van der Waals surface area contributed by atoms with E-state index in [0.717, 1.165) is 0 Å². The van der Waals surface area contributed by atoms with Crippen molar-refractivity contribution in [1.82, 2.24) is 24.8 Å². The van der Waals surface area contributed by atoms with Gasteiger partial charge >= 0.3 is 0 Å². The van der Waals surface area contributed by atoms with E-state index in [1.807, 2.05) is 0 Å². The molecule has 2 aromatic heterocycles. The van der Waals surface area contributed by atoms with Gasteiger partial charge in [0.05, 0.1) is 5.56 Å². The van der Waals surface area contributed by atoms with E-state index < -0.39 is 0 Å². The van der Waals surface area contributed by atoms with Crippen molar-refractivity contribution >= 4 is 17.8 Å². The Morgan fingerprint density at radius 2 is 1.66 bits per heavy atom. The SMILES string of the molecule is O=C(c1cnc(NCc2ccccc2F)nc1)N1CCN(c2ncccn2)CC1. The van der Waals surface area contributed by atoms with Gasteiger partial charge in [0.2, 0.25) is 11.9 Å². The number of halogens is 1. The molecular formula is C20H20FN7O. The minimum Gasteiger partial charge on any atom is -0.350 e. The Kier molecular flexibility index (Phi) is 5.55. The average molecular weight is 393 g/mol. The molecule has 1 aromatic carbocycles. The molecule has 0 atom stereocenters. The lowest BCUT2D eigenvalue weighted by Crippen LogP contribution is -2.49. The molecule has 1 fully saturated rings. The molecule has 0 radical (unpaired) electrons. The van der Waals surface area contributed by atoms with E-state index in [1.165, 1.54) is 18.5 Å². The van der Waals surface area contributed by atoms with Gasteiger partial charge in [0.1, 0.15) is 5.82 Å². The lowest BCUT2D eigenvalue weighted by atomic mass is 10.2. The number of piperazine rings is 1. The minimum atomic E-state index is -0.285. The number of rotatable bonds is 5. The summed E-state index contributed by atoms with van der Waals surface area (Å²) in [7, 11) is 0. The molecule has 29 heavy (non-hydrogen) atoms. The molecular weight excluding hydrogens is 373 g/mol. The third-order valence-electron chi connectivity index (χ3n) is 4.70. The molecule has 1 aliphatic heterocycles. The van der Waals surface area contributed by atoms with Crippen molar-refractivity contribution in [2.75, 3.05) is 36.4 Å². The normalized spacial score (nSPS) is 14.0. The Labute approximate surface area is 167 Å². The number of nitrogens with zero attached hydrogens (tertiary/aromatic N) is 6. The van der Waals surface area contributed by atoms with Gasteiger partial charge in [0.15, 0.2) is 0 Å². The summed E-state index contributed by atoms with van der Waals surface area (Å²) in [5, 5.41) is 2.96. The number of hydrogen-bond donors (Lipinski definition) is 1. The van der Waals surface area contributed by atoms with Crippen LogP contribution >= 0.6 is 0 Å². The van der Waals surface area contributed by atoms with Crippen LogP contribution in [0.2, 0.25) is 0 Å². The molecule has 1 N–H and O–H groups in total. The highest BCUT2D eigenvalue weighted by Gasteiger charge is 2.23. The Morgan fingerprint density at radius 3 is 2.34 bits per heavy atom. The highest BCUT2D eigenvalue weighted by Crippen LogP contribution is 2.13. The van der Waals surface area contributed by atoms with Crippen LogP contribution in [0.1, 0.15) is 15.9 Å². The molecule has 0 aliphatic carbocycles. The first-order valence-corrected chi connectivity index (χ1v) is 9.31. The molecule has 3 aromatic rings. The number of carbonyl (C=O) groups is 1. The van der Waals surface area contributed by atoms with Crippen LogP contribution in [0.4, 0.5) is 16.3 Å². The number of amides is 1. The second-order valence-corrected chi connectivity index (χ2v) is 6.57. The van der Waals surface area contributed by atoms with Crippen LogP contribution in [0.15, 0.2) is 55.1 Å². The summed E-state index contributed by atoms with van der Waals surface area (Å²) in [4.78, 5) is 33.4. The molecule has 1 amide bonds. The maximum Gasteiger partial charge on any atom is 0.257 e. The van der Waals surface area contributed by atoms with Gasteiger partial charge in [-0.2, -0.15) is 0 Å². The van der Waals surface area contributed by atoms with Crippen LogP contribution in [0.3, 0.4) is 0 Å². The Balaban J connectivity index is 1.32. The number of hydrogen-bond acceptors (Lipinski definition) is 7. The fourth-order valence-electron chi connectivity index (χ4n) is 3.09. The van der Waals surface area contributed by atoms with Crippen LogP contribution in [-0.2, 0) is 6.54 Å². The third kappa shape index (κ3) is 4.45. The number of benzene rings is 1. The van der Waals surface area contributed by atoms with E-state index in [2.05, 4.69) is 30.2 Å². The zero-order valence-electron chi connectivity index (χ0n) is 15.7. The number of carbonyl (C=O) groups excluding carboxylic acids is 1. The first-order valence-electron chi connectivity index (χ1n) is 9.31. The van der Waals surface area contributed by atoms with Crippen molar-refractivity contribution in [2.24, 2.45) is 0 Å². The smallest absolute Gasteiger partial charge is 0.257 e. The molecule has 1 aliphatic rings. The van der Waals surface area contributed by atoms with Crippen LogP contribution in [0.25, 0.3) is 0 Å². The van der Waals surface area contributed by atoms with Crippen molar-refractivity contribution in [3.05, 3.63) is 72.1 Å². The molecule has 3 heterocycles. The third-order valence-corrected chi connectivity index (χ3v) is 4.70. The van der Waals surface area contributed by atoms with E-state index in [9.17, 15) is 9.18 Å². The predicted molar refractivity (Wildman–Crippen MR) is 106 cm³/mol. The lowest BCUT2D eigenvalue weighted by Gasteiger charge is -2.34. The van der Waals surface area contributed by atoms with Gasteiger partial charge in [-0.15, -0.1) is 0 Å². The van der Waals surface area contributed by atoms with Crippen LogP contribution in [-0.4, -0.2) is 56.9 Å². The van der Waals surface area contributed by atoms with Crippen molar-refractivity contribution < 1.29 is 9.18 Å². The first kappa shape index (κ1) is 18.7. The van der Waals surface area contributed by atoms with Crippen molar-refractivity contribution in [3.8, 4) is 0 Å². The molecule has 4 rings (SSSR count). The molecule has 0 spiro atoms. The second-order valence-electron chi connectivity index (χ2n) is 6.57. The molecule has 1 saturated heterocycles. The monoisotopic (exact) mass is 393 g/mol. The zero-order chi connectivity index (χ0) is 20.1. The fourth-order valence-corrected chi connectivity index (χ4v) is 3.09. The predicted octanol–water partition coefficient (Wildman–Crippen LogP) is 1.98. The minimum absolute atomic E-state index is 0.112. The largest absolute Gasteiger partial charge is 0.350 e. The average Bonchev–Trinajstić information content (AvgIpc) is 2.79. The van der Waals surface area contributed by atoms with Crippen molar-refractivity contribution in [2.45, 2.75) is 6.54 Å². The van der Waals surface area contributed by atoms with Gasteiger partial charge < -0.3 is 15.1 Å². The summed E-state index contributed by atoms with van der Waals surface area (Å²) < 4.78 is 13.7. The number of anilines is 2. The van der Waals surface area contributed by atoms with Gasteiger partial charge in [0.25, 0.3) is 5.91 Å². The van der Waals surface area contributed by atoms with Gasteiger partial charge in [-0.3, -0.25) is 4.79 Å². The van der Waals surface area contributed by atoms with Crippen LogP contribution in [0, 0.1) is 5.82 Å². The number of nitrogens with one attached hydrogen (secondary N) is 1. The molecule has 0 bridgehead atoms. The van der Waals surface area contributed by atoms with E-state index in [4.69, 9.17) is 0 Å². The summed E-state index contributed by atoms with van der Waals surface area (Å²) in [6, 6.07) is 8.29. The fraction of sp³-hybridized carbons (Fsp3) is 0.250. The zero-order valence-corrected chi connectivity index (χ0v) is 15.7. The van der Waals surface area contributed by atoms with Crippen molar-refractivity contribution in [3.63, 3.8) is 0 Å².